The van der Waals surface area contributed by atoms with Crippen LogP contribution in [0.3, 0.4) is 0 Å². The fourth-order valence-electron chi connectivity index (χ4n) is 8.08. The summed E-state index contributed by atoms with van der Waals surface area (Å²) in [4.78, 5) is 2.37. The van der Waals surface area contributed by atoms with Crippen LogP contribution in [0.25, 0.3) is 55.3 Å². The molecule has 0 bridgehead atoms. The summed E-state index contributed by atoms with van der Waals surface area (Å²) in [6, 6.07) is 31.2. The Morgan fingerprint density at radius 3 is 2.33 bits per heavy atom. The maximum atomic E-state index is 9.51. The summed E-state index contributed by atoms with van der Waals surface area (Å²) in [6.07, 6.45) is 20.0. The van der Waals surface area contributed by atoms with E-state index in [1.807, 2.05) is 12.1 Å². The van der Waals surface area contributed by atoms with E-state index in [1.165, 1.54) is 77.4 Å². The van der Waals surface area contributed by atoms with E-state index in [2.05, 4.69) is 172 Å². The lowest BCUT2D eigenvalue weighted by atomic mass is 9.93. The topological polar surface area (TPSA) is 32.0 Å². The Labute approximate surface area is 302 Å². The number of rotatable bonds is 10. The Kier molecular flexibility index (Phi) is 9.35. The van der Waals surface area contributed by atoms with Crippen LogP contribution in [0.5, 0.6) is 0 Å². The number of aromatic nitrogens is 1. The van der Waals surface area contributed by atoms with Gasteiger partial charge in [0.15, 0.2) is 0 Å². The lowest BCUT2D eigenvalue weighted by molar-refractivity contribution is 1.02. The third-order valence-corrected chi connectivity index (χ3v) is 10.3. The molecule has 3 nitrogen and oxygen atoms in total. The van der Waals surface area contributed by atoms with Crippen molar-refractivity contribution < 1.29 is 0 Å². The van der Waals surface area contributed by atoms with Gasteiger partial charge in [0, 0.05) is 33.5 Å². The highest BCUT2D eigenvalue weighted by molar-refractivity contribution is 6.19. The first-order chi connectivity index (χ1) is 25.0. The van der Waals surface area contributed by atoms with Crippen LogP contribution in [0, 0.1) is 11.3 Å². The Hall–Kier alpha value is -5.85. The number of anilines is 2. The highest BCUT2D eigenvalue weighted by Crippen LogP contribution is 2.47. The number of nitriles is 1. The smallest absolute Gasteiger partial charge is 0.0991 e. The van der Waals surface area contributed by atoms with Crippen LogP contribution in [0.2, 0.25) is 0 Å². The van der Waals surface area contributed by atoms with Gasteiger partial charge in [0.1, 0.15) is 0 Å². The number of hydrogen-bond donors (Lipinski definition) is 0. The summed E-state index contributed by atoms with van der Waals surface area (Å²) in [7, 11) is 0. The van der Waals surface area contributed by atoms with Crippen molar-refractivity contribution in [1.82, 2.24) is 4.57 Å². The zero-order valence-corrected chi connectivity index (χ0v) is 30.6. The molecule has 3 heteroatoms. The maximum absolute atomic E-state index is 9.51. The minimum absolute atomic E-state index is 0.661. The van der Waals surface area contributed by atoms with Gasteiger partial charge in [0.25, 0.3) is 0 Å². The van der Waals surface area contributed by atoms with Crippen LogP contribution < -0.4 is 4.90 Å². The Morgan fingerprint density at radius 1 is 0.843 bits per heavy atom. The molecule has 0 atom stereocenters. The lowest BCUT2D eigenvalue weighted by Crippen LogP contribution is -2.16. The number of fused-ring (bicyclic) bond motifs is 1. The first-order valence-electron chi connectivity index (χ1n) is 18.2. The largest absolute Gasteiger partial charge is 0.314 e. The summed E-state index contributed by atoms with van der Waals surface area (Å²) < 4.78 is 2.41. The molecular formula is C48H45N3. The van der Waals surface area contributed by atoms with Crippen molar-refractivity contribution in [2.24, 2.45) is 0 Å². The van der Waals surface area contributed by atoms with Gasteiger partial charge in [-0.3, -0.25) is 0 Å². The molecule has 0 spiro atoms. The fraction of sp³-hybridized carbons (Fsp3) is 0.188. The molecular weight excluding hydrogens is 619 g/mol. The molecule has 5 aromatic carbocycles. The lowest BCUT2D eigenvalue weighted by Gasteiger charge is -2.29. The normalized spacial score (nSPS) is 13.4. The van der Waals surface area contributed by atoms with Gasteiger partial charge >= 0.3 is 0 Å². The van der Waals surface area contributed by atoms with Gasteiger partial charge in [-0.1, -0.05) is 80.6 Å². The molecule has 1 aliphatic rings. The van der Waals surface area contributed by atoms with Gasteiger partial charge in [-0.15, -0.1) is 0 Å². The molecule has 0 fully saturated rings. The Morgan fingerprint density at radius 2 is 1.65 bits per heavy atom. The van der Waals surface area contributed by atoms with Crippen molar-refractivity contribution in [3.63, 3.8) is 0 Å². The van der Waals surface area contributed by atoms with Gasteiger partial charge in [0.2, 0.25) is 0 Å². The molecule has 0 unspecified atom stereocenters. The van der Waals surface area contributed by atoms with Crippen molar-refractivity contribution in [2.75, 3.05) is 4.90 Å². The second-order valence-electron chi connectivity index (χ2n) is 13.1. The van der Waals surface area contributed by atoms with Crippen LogP contribution in [0.4, 0.5) is 11.4 Å². The predicted octanol–water partition coefficient (Wildman–Crippen LogP) is 13.4. The Balaban J connectivity index is 1.45. The minimum atomic E-state index is 0.661. The van der Waals surface area contributed by atoms with Gasteiger partial charge in [-0.25, -0.2) is 0 Å². The number of nitrogens with zero attached hydrogens (tertiary/aromatic N) is 3. The molecule has 7 rings (SSSR count). The van der Waals surface area contributed by atoms with E-state index in [-0.39, 0.29) is 0 Å². The number of hydrogen-bond acceptors (Lipinski definition) is 2. The minimum Gasteiger partial charge on any atom is -0.314 e. The molecule has 0 radical (unpaired) electrons. The second-order valence-corrected chi connectivity index (χ2v) is 13.1. The van der Waals surface area contributed by atoms with E-state index in [4.69, 9.17) is 0 Å². The van der Waals surface area contributed by atoms with Crippen molar-refractivity contribution >= 4 is 55.6 Å². The first kappa shape index (κ1) is 33.6. The van der Waals surface area contributed by atoms with Crippen LogP contribution in [0.1, 0.15) is 75.9 Å². The third kappa shape index (κ3) is 5.62. The third-order valence-electron chi connectivity index (χ3n) is 10.3. The van der Waals surface area contributed by atoms with Crippen molar-refractivity contribution in [1.29, 1.82) is 5.26 Å². The molecule has 0 aliphatic heterocycles. The Bertz CT molecular complexity index is 2510. The quantitative estimate of drug-likeness (QED) is 0.108. The van der Waals surface area contributed by atoms with E-state index >= 15 is 0 Å². The van der Waals surface area contributed by atoms with Gasteiger partial charge in [-0.05, 0) is 152 Å². The second kappa shape index (κ2) is 14.2. The SMILES string of the molecule is C/C=C\C=C(/CC)N(c1ccc(C#N)cc1)c1ccc2c3c1ccc1ccc(-c4ccc5c(c4)c(CC)c(/C=C\C)n5C(/C=C\C)=C/C)c(c13)C2. The van der Waals surface area contributed by atoms with Crippen molar-refractivity contribution in [2.45, 2.75) is 60.8 Å². The predicted molar refractivity (Wildman–Crippen MR) is 221 cm³/mol. The summed E-state index contributed by atoms with van der Waals surface area (Å²) in [5, 5.41) is 16.1. The van der Waals surface area contributed by atoms with Crippen molar-refractivity contribution in [3.8, 4) is 17.2 Å². The van der Waals surface area contributed by atoms with Crippen LogP contribution in [-0.4, -0.2) is 4.57 Å². The maximum Gasteiger partial charge on any atom is 0.0991 e. The zero-order chi connectivity index (χ0) is 35.6. The van der Waals surface area contributed by atoms with E-state index in [9.17, 15) is 5.26 Å². The summed E-state index contributed by atoms with van der Waals surface area (Å²) in [5.74, 6) is 0. The summed E-state index contributed by atoms with van der Waals surface area (Å²) in [6.45, 7) is 12.8. The fourth-order valence-corrected chi connectivity index (χ4v) is 8.08. The number of aryl methyl sites for hydroxylation is 1. The average molecular weight is 664 g/mol. The van der Waals surface area contributed by atoms with E-state index in [0.717, 1.165) is 30.6 Å². The summed E-state index contributed by atoms with van der Waals surface area (Å²) in [5.41, 5.74) is 14.5. The van der Waals surface area contributed by atoms with Gasteiger partial charge < -0.3 is 9.47 Å². The van der Waals surface area contributed by atoms with Gasteiger partial charge in [-0.2, -0.15) is 5.26 Å². The molecule has 51 heavy (non-hydrogen) atoms. The van der Waals surface area contributed by atoms with E-state index in [0.29, 0.717) is 5.56 Å². The monoisotopic (exact) mass is 663 g/mol. The van der Waals surface area contributed by atoms with Crippen LogP contribution in [0.15, 0.2) is 127 Å². The molecule has 0 saturated carbocycles. The highest BCUT2D eigenvalue weighted by Gasteiger charge is 2.25. The van der Waals surface area contributed by atoms with Crippen LogP contribution >= 0.6 is 0 Å². The molecule has 0 N–H and O–H groups in total. The van der Waals surface area contributed by atoms with E-state index in [1.54, 1.807) is 0 Å². The molecule has 0 saturated heterocycles. The molecule has 1 aliphatic carbocycles. The van der Waals surface area contributed by atoms with Crippen LogP contribution in [-0.2, 0) is 12.8 Å². The average Bonchev–Trinajstić information content (AvgIpc) is 3.71. The number of allylic oxidation sites excluding steroid dienone is 9. The summed E-state index contributed by atoms with van der Waals surface area (Å²) >= 11 is 0. The van der Waals surface area contributed by atoms with E-state index < -0.39 is 0 Å². The molecule has 1 heterocycles. The first-order valence-corrected chi connectivity index (χ1v) is 18.2. The zero-order valence-electron chi connectivity index (χ0n) is 30.6. The number of benzene rings is 5. The highest BCUT2D eigenvalue weighted by atomic mass is 15.1. The molecule has 1 aromatic heterocycles. The van der Waals surface area contributed by atoms with Crippen molar-refractivity contribution in [3.05, 3.63) is 155 Å². The molecule has 6 aromatic rings. The van der Waals surface area contributed by atoms with Gasteiger partial charge in [0.05, 0.1) is 22.8 Å². The molecule has 0 amide bonds. The standard InChI is InChI=1S/C48H45N3/c1-7-13-16-37(11-5)50(38-23-17-32(31-49)18-24-38)45-28-22-35-30-43-40(25-19-33-20-26-41(45)48(35)47(33)43)34-21-27-46-42(29-34)39(12-6)44(15-9-3)51(46)36(10-4)14-8-2/h7-10,13-29H,11-12,30H2,1-6H3/b13-7-,14-8-,15-9-,36-10+,37-16+. The molecule has 252 valence electrons.